The molecule has 138 valence electrons. The van der Waals surface area contributed by atoms with Crippen LogP contribution in [0.2, 0.25) is 0 Å². The van der Waals surface area contributed by atoms with Gasteiger partial charge in [0.05, 0.1) is 16.8 Å². The lowest BCUT2D eigenvalue weighted by Gasteiger charge is -2.09. The average molecular weight is 435 g/mol. The molecule has 0 aliphatic rings. The molecule has 6 nitrogen and oxygen atoms in total. The Morgan fingerprint density at radius 3 is 2.61 bits per heavy atom. The fourth-order valence-corrected chi connectivity index (χ4v) is 3.13. The van der Waals surface area contributed by atoms with E-state index in [0.717, 1.165) is 15.7 Å². The minimum Gasteiger partial charge on any atom is -0.334 e. The summed E-state index contributed by atoms with van der Waals surface area (Å²) in [6, 6.07) is 18.3. The van der Waals surface area contributed by atoms with E-state index in [1.807, 2.05) is 55.5 Å². The number of halogens is 1. The van der Waals surface area contributed by atoms with E-state index >= 15 is 0 Å². The lowest BCUT2D eigenvalue weighted by Crippen LogP contribution is -2.13. The molecule has 1 amide bonds. The molecule has 4 aromatic rings. The highest BCUT2D eigenvalue weighted by Crippen LogP contribution is 2.29. The molecule has 0 saturated carbocycles. The van der Waals surface area contributed by atoms with Gasteiger partial charge in [-0.25, -0.2) is 0 Å². The highest BCUT2D eigenvalue weighted by atomic mass is 79.9. The Balaban J connectivity index is 1.64. The minimum absolute atomic E-state index is 0.234. The van der Waals surface area contributed by atoms with E-state index in [2.05, 4.69) is 36.4 Å². The number of benzene rings is 2. The summed E-state index contributed by atoms with van der Waals surface area (Å²) < 4.78 is 6.16. The number of amides is 1. The molecular weight excluding hydrogens is 420 g/mol. The van der Waals surface area contributed by atoms with E-state index in [0.29, 0.717) is 28.5 Å². The van der Waals surface area contributed by atoms with E-state index in [1.165, 1.54) is 0 Å². The quantitative estimate of drug-likeness (QED) is 0.481. The van der Waals surface area contributed by atoms with Crippen molar-refractivity contribution in [1.29, 1.82) is 0 Å². The number of hydrogen-bond donors (Lipinski definition) is 1. The van der Waals surface area contributed by atoms with Gasteiger partial charge in [-0.1, -0.05) is 29.4 Å². The highest BCUT2D eigenvalue weighted by Gasteiger charge is 2.17. The van der Waals surface area contributed by atoms with Crippen LogP contribution in [0.1, 0.15) is 16.1 Å². The topological polar surface area (TPSA) is 80.9 Å². The number of anilines is 1. The first kappa shape index (κ1) is 18.1. The Morgan fingerprint density at radius 1 is 1.04 bits per heavy atom. The highest BCUT2D eigenvalue weighted by molar-refractivity contribution is 9.10. The van der Waals surface area contributed by atoms with Crippen molar-refractivity contribution in [2.24, 2.45) is 0 Å². The molecule has 0 unspecified atom stereocenters. The Labute approximate surface area is 169 Å². The molecule has 2 aromatic carbocycles. The van der Waals surface area contributed by atoms with E-state index in [-0.39, 0.29) is 5.91 Å². The third kappa shape index (κ3) is 3.70. The largest absolute Gasteiger partial charge is 0.334 e. The monoisotopic (exact) mass is 434 g/mol. The van der Waals surface area contributed by atoms with Gasteiger partial charge in [-0.05, 0) is 59.3 Å². The Morgan fingerprint density at radius 2 is 1.82 bits per heavy atom. The van der Waals surface area contributed by atoms with Crippen molar-refractivity contribution in [2.75, 3.05) is 5.32 Å². The maximum absolute atomic E-state index is 12.7. The second-order valence-corrected chi connectivity index (χ2v) is 6.95. The van der Waals surface area contributed by atoms with Crippen molar-refractivity contribution in [3.8, 4) is 22.8 Å². The van der Waals surface area contributed by atoms with E-state index in [9.17, 15) is 4.79 Å². The molecule has 0 radical (unpaired) electrons. The summed E-state index contributed by atoms with van der Waals surface area (Å²) in [5.74, 6) is 0.524. The predicted octanol–water partition coefficient (Wildman–Crippen LogP) is 5.12. The van der Waals surface area contributed by atoms with Gasteiger partial charge in [-0.3, -0.25) is 9.78 Å². The van der Waals surface area contributed by atoms with Gasteiger partial charge in [-0.2, -0.15) is 4.98 Å². The number of aromatic nitrogens is 3. The molecule has 2 heterocycles. The van der Waals surface area contributed by atoms with Crippen molar-refractivity contribution in [3.05, 3.63) is 82.6 Å². The molecule has 0 bridgehead atoms. The number of aryl methyl sites for hydroxylation is 1. The molecule has 28 heavy (non-hydrogen) atoms. The third-order valence-corrected chi connectivity index (χ3v) is 4.81. The fraction of sp³-hybridized carbons (Fsp3) is 0.0476. The molecule has 2 aromatic heterocycles. The van der Waals surface area contributed by atoms with Crippen LogP contribution in [-0.4, -0.2) is 21.0 Å². The van der Waals surface area contributed by atoms with Gasteiger partial charge in [0.25, 0.3) is 11.8 Å². The molecule has 0 aliphatic carbocycles. The number of nitrogens with zero attached hydrogens (tertiary/aromatic N) is 3. The van der Waals surface area contributed by atoms with Crippen LogP contribution in [0.5, 0.6) is 0 Å². The lowest BCUT2D eigenvalue weighted by molar-refractivity contribution is 0.102. The molecule has 0 fully saturated rings. The molecule has 0 saturated heterocycles. The van der Waals surface area contributed by atoms with Gasteiger partial charge in [0.15, 0.2) is 0 Å². The zero-order valence-electron chi connectivity index (χ0n) is 14.9. The standard InChI is InChI=1S/C21H15BrN4O2/c1-13-10-11-14(12-23-13)19-25-21(28-26-19)16-7-3-5-9-18(16)24-20(27)15-6-2-4-8-17(15)22/h2-12H,1H3,(H,24,27). The van der Waals surface area contributed by atoms with Crippen molar-refractivity contribution in [2.45, 2.75) is 6.92 Å². The first-order chi connectivity index (χ1) is 13.6. The second-order valence-electron chi connectivity index (χ2n) is 6.09. The molecule has 0 spiro atoms. The Bertz CT molecular complexity index is 1140. The van der Waals surface area contributed by atoms with E-state index < -0.39 is 0 Å². The van der Waals surface area contributed by atoms with Crippen molar-refractivity contribution in [3.63, 3.8) is 0 Å². The van der Waals surface area contributed by atoms with Gasteiger partial charge in [-0.15, -0.1) is 0 Å². The maximum atomic E-state index is 12.7. The number of para-hydroxylation sites is 1. The summed E-state index contributed by atoms with van der Waals surface area (Å²) >= 11 is 3.40. The molecule has 0 atom stereocenters. The van der Waals surface area contributed by atoms with Gasteiger partial charge in [0.1, 0.15) is 0 Å². The summed E-state index contributed by atoms with van der Waals surface area (Å²) in [6.07, 6.45) is 1.70. The summed E-state index contributed by atoms with van der Waals surface area (Å²) in [7, 11) is 0. The van der Waals surface area contributed by atoms with Gasteiger partial charge < -0.3 is 9.84 Å². The van der Waals surface area contributed by atoms with Gasteiger partial charge in [0.2, 0.25) is 5.82 Å². The zero-order chi connectivity index (χ0) is 19.5. The molecule has 4 rings (SSSR count). The van der Waals surface area contributed by atoms with Crippen LogP contribution < -0.4 is 5.32 Å². The normalized spacial score (nSPS) is 10.6. The number of carbonyl (C=O) groups excluding carboxylic acids is 1. The maximum Gasteiger partial charge on any atom is 0.260 e. The van der Waals surface area contributed by atoms with Crippen LogP contribution in [0.15, 0.2) is 75.9 Å². The predicted molar refractivity (Wildman–Crippen MR) is 110 cm³/mol. The third-order valence-electron chi connectivity index (χ3n) is 4.12. The number of pyridine rings is 1. The van der Waals surface area contributed by atoms with Crippen molar-refractivity contribution in [1.82, 2.24) is 15.1 Å². The Kier molecular flexibility index (Phi) is 4.99. The number of carbonyl (C=O) groups is 1. The first-order valence-electron chi connectivity index (χ1n) is 8.54. The fourth-order valence-electron chi connectivity index (χ4n) is 2.66. The van der Waals surface area contributed by atoms with Crippen LogP contribution in [-0.2, 0) is 0 Å². The minimum atomic E-state index is -0.234. The SMILES string of the molecule is Cc1ccc(-c2noc(-c3ccccc3NC(=O)c3ccccc3Br)n2)cn1. The summed E-state index contributed by atoms with van der Waals surface area (Å²) in [5.41, 5.74) is 3.43. The van der Waals surface area contributed by atoms with Crippen molar-refractivity contribution >= 4 is 27.5 Å². The van der Waals surface area contributed by atoms with Crippen LogP contribution in [0.4, 0.5) is 5.69 Å². The van der Waals surface area contributed by atoms with Crippen LogP contribution >= 0.6 is 15.9 Å². The van der Waals surface area contributed by atoms with Crippen LogP contribution in [0.3, 0.4) is 0 Å². The summed E-state index contributed by atoms with van der Waals surface area (Å²) in [4.78, 5) is 21.4. The number of rotatable bonds is 4. The van der Waals surface area contributed by atoms with Crippen molar-refractivity contribution < 1.29 is 9.32 Å². The van der Waals surface area contributed by atoms with Gasteiger partial charge >= 0.3 is 0 Å². The smallest absolute Gasteiger partial charge is 0.260 e. The first-order valence-corrected chi connectivity index (χ1v) is 9.33. The molecule has 7 heteroatoms. The van der Waals surface area contributed by atoms with Crippen LogP contribution in [0.25, 0.3) is 22.8 Å². The van der Waals surface area contributed by atoms with E-state index in [1.54, 1.807) is 18.3 Å². The van der Waals surface area contributed by atoms with Gasteiger partial charge in [0, 0.05) is 21.9 Å². The van der Waals surface area contributed by atoms with E-state index in [4.69, 9.17) is 4.52 Å². The second kappa shape index (κ2) is 7.74. The zero-order valence-corrected chi connectivity index (χ0v) is 16.5. The summed E-state index contributed by atoms with van der Waals surface area (Å²) in [5, 5.41) is 6.95. The summed E-state index contributed by atoms with van der Waals surface area (Å²) in [6.45, 7) is 1.91. The average Bonchev–Trinajstić information content (AvgIpc) is 3.19. The molecular formula is C21H15BrN4O2. The molecule has 1 N–H and O–H groups in total. The number of nitrogens with one attached hydrogen (secondary N) is 1. The Hall–Kier alpha value is -3.32. The van der Waals surface area contributed by atoms with Crippen LogP contribution in [0, 0.1) is 6.92 Å². The lowest BCUT2D eigenvalue weighted by atomic mass is 10.1. The number of hydrogen-bond acceptors (Lipinski definition) is 5. The molecule has 0 aliphatic heterocycles.